The Hall–Kier alpha value is -1.27. The highest BCUT2D eigenvalue weighted by Crippen LogP contribution is 2.32. The van der Waals surface area contributed by atoms with Gasteiger partial charge in [-0.1, -0.05) is 0 Å². The van der Waals surface area contributed by atoms with E-state index in [4.69, 9.17) is 5.21 Å². The highest BCUT2D eigenvalue weighted by atomic mass is 19.4. The third-order valence-corrected chi connectivity index (χ3v) is 2.16. The average molecular weight is 234 g/mol. The molecule has 16 heavy (non-hydrogen) atoms. The Kier molecular flexibility index (Phi) is 3.77. The third kappa shape index (κ3) is 2.86. The van der Waals surface area contributed by atoms with Crippen molar-refractivity contribution in [2.24, 2.45) is 0 Å². The van der Waals surface area contributed by atoms with Crippen LogP contribution in [0.4, 0.5) is 18.9 Å². The number of hydrogen-bond donors (Lipinski definition) is 2. The Morgan fingerprint density at radius 1 is 1.31 bits per heavy atom. The lowest BCUT2D eigenvalue weighted by Crippen LogP contribution is -2.16. The third-order valence-electron chi connectivity index (χ3n) is 2.16. The molecule has 0 unspecified atom stereocenters. The van der Waals surface area contributed by atoms with Crippen LogP contribution in [0.5, 0.6) is 0 Å². The van der Waals surface area contributed by atoms with Gasteiger partial charge in [0, 0.05) is 26.3 Å². The van der Waals surface area contributed by atoms with Crippen LogP contribution in [0, 0.1) is 0 Å². The fourth-order valence-electron chi connectivity index (χ4n) is 1.42. The first kappa shape index (κ1) is 12.8. The standard InChI is InChI=1S/C10H13F3N2O/c1-15(2)9-4-3-8(10(11,12)13)5-7(9)6-14-16/h3-5,14,16H,6H2,1-2H3. The van der Waals surface area contributed by atoms with E-state index in [1.54, 1.807) is 19.0 Å². The van der Waals surface area contributed by atoms with Crippen molar-refractivity contribution >= 4 is 5.69 Å². The summed E-state index contributed by atoms with van der Waals surface area (Å²) in [6, 6.07) is 3.43. The molecule has 0 atom stereocenters. The number of benzene rings is 1. The molecule has 0 bridgehead atoms. The quantitative estimate of drug-likeness (QED) is 0.787. The summed E-state index contributed by atoms with van der Waals surface area (Å²) in [6.07, 6.45) is -4.37. The largest absolute Gasteiger partial charge is 0.416 e. The van der Waals surface area contributed by atoms with Gasteiger partial charge in [0.25, 0.3) is 0 Å². The molecule has 0 aliphatic rings. The van der Waals surface area contributed by atoms with Crippen molar-refractivity contribution in [3.05, 3.63) is 29.3 Å². The smallest absolute Gasteiger partial charge is 0.377 e. The van der Waals surface area contributed by atoms with Gasteiger partial charge in [0.15, 0.2) is 0 Å². The topological polar surface area (TPSA) is 35.5 Å². The zero-order valence-corrected chi connectivity index (χ0v) is 8.97. The van der Waals surface area contributed by atoms with Crippen molar-refractivity contribution in [1.82, 2.24) is 5.48 Å². The summed E-state index contributed by atoms with van der Waals surface area (Å²) in [5.41, 5.74) is 2.17. The van der Waals surface area contributed by atoms with Crippen molar-refractivity contribution in [3.8, 4) is 0 Å². The van der Waals surface area contributed by atoms with Gasteiger partial charge in [0.2, 0.25) is 0 Å². The molecule has 3 nitrogen and oxygen atoms in total. The molecular formula is C10H13F3N2O. The maximum atomic E-state index is 12.4. The second kappa shape index (κ2) is 4.71. The molecule has 0 radical (unpaired) electrons. The van der Waals surface area contributed by atoms with Crippen LogP contribution < -0.4 is 10.4 Å². The number of anilines is 1. The molecule has 1 aromatic rings. The van der Waals surface area contributed by atoms with E-state index in [1.807, 2.05) is 5.48 Å². The molecule has 0 aliphatic heterocycles. The fourth-order valence-corrected chi connectivity index (χ4v) is 1.42. The normalized spacial score (nSPS) is 11.6. The summed E-state index contributed by atoms with van der Waals surface area (Å²) in [5, 5.41) is 8.57. The molecule has 90 valence electrons. The first-order valence-corrected chi connectivity index (χ1v) is 4.60. The van der Waals surface area contributed by atoms with E-state index in [-0.39, 0.29) is 6.54 Å². The fraction of sp³-hybridized carbons (Fsp3) is 0.400. The number of hydroxylamine groups is 1. The highest BCUT2D eigenvalue weighted by Gasteiger charge is 2.31. The van der Waals surface area contributed by atoms with E-state index in [0.29, 0.717) is 11.3 Å². The minimum atomic E-state index is -4.37. The summed E-state index contributed by atoms with van der Waals surface area (Å²) >= 11 is 0. The van der Waals surface area contributed by atoms with Gasteiger partial charge in [0.1, 0.15) is 0 Å². The summed E-state index contributed by atoms with van der Waals surface area (Å²) < 4.78 is 37.3. The van der Waals surface area contributed by atoms with Crippen LogP contribution in [0.15, 0.2) is 18.2 Å². The van der Waals surface area contributed by atoms with E-state index in [1.165, 1.54) is 6.07 Å². The molecule has 2 N–H and O–H groups in total. The first-order valence-electron chi connectivity index (χ1n) is 4.60. The van der Waals surface area contributed by atoms with E-state index < -0.39 is 11.7 Å². The van der Waals surface area contributed by atoms with Crippen molar-refractivity contribution in [2.45, 2.75) is 12.7 Å². The summed E-state index contributed by atoms with van der Waals surface area (Å²) in [6.45, 7) is -0.0303. The van der Waals surface area contributed by atoms with Crippen molar-refractivity contribution < 1.29 is 18.4 Å². The Bertz CT molecular complexity index is 364. The van der Waals surface area contributed by atoms with Crippen LogP contribution in [-0.2, 0) is 12.7 Å². The first-order chi connectivity index (χ1) is 7.36. The van der Waals surface area contributed by atoms with Crippen molar-refractivity contribution in [2.75, 3.05) is 19.0 Å². The monoisotopic (exact) mass is 234 g/mol. The molecular weight excluding hydrogens is 221 g/mol. The average Bonchev–Trinajstić information content (AvgIpc) is 2.16. The molecule has 0 fully saturated rings. The van der Waals surface area contributed by atoms with Crippen LogP contribution in [0.25, 0.3) is 0 Å². The van der Waals surface area contributed by atoms with Crippen LogP contribution in [0.1, 0.15) is 11.1 Å². The minimum Gasteiger partial charge on any atom is -0.377 e. The zero-order chi connectivity index (χ0) is 12.3. The molecule has 0 saturated heterocycles. The van der Waals surface area contributed by atoms with Crippen LogP contribution in [-0.4, -0.2) is 19.3 Å². The molecule has 0 aliphatic carbocycles. The second-order valence-corrected chi connectivity index (χ2v) is 3.57. The van der Waals surface area contributed by atoms with Gasteiger partial charge in [-0.3, -0.25) is 0 Å². The Balaban J connectivity index is 3.17. The van der Waals surface area contributed by atoms with Gasteiger partial charge in [0.05, 0.1) is 5.56 Å². The summed E-state index contributed by atoms with van der Waals surface area (Å²) in [7, 11) is 3.45. The summed E-state index contributed by atoms with van der Waals surface area (Å²) in [4.78, 5) is 1.69. The molecule has 1 rings (SSSR count). The molecule has 0 saturated carbocycles. The zero-order valence-electron chi connectivity index (χ0n) is 8.97. The predicted molar refractivity (Wildman–Crippen MR) is 54.4 cm³/mol. The minimum absolute atomic E-state index is 0.0303. The van der Waals surface area contributed by atoms with Crippen LogP contribution >= 0.6 is 0 Å². The van der Waals surface area contributed by atoms with Gasteiger partial charge in [-0.2, -0.15) is 13.2 Å². The highest BCUT2D eigenvalue weighted by molar-refractivity contribution is 5.54. The van der Waals surface area contributed by atoms with Gasteiger partial charge in [-0.05, 0) is 23.8 Å². The van der Waals surface area contributed by atoms with E-state index in [9.17, 15) is 13.2 Å². The molecule has 0 spiro atoms. The van der Waals surface area contributed by atoms with Gasteiger partial charge in [-0.15, -0.1) is 0 Å². The Morgan fingerprint density at radius 3 is 2.38 bits per heavy atom. The lowest BCUT2D eigenvalue weighted by molar-refractivity contribution is -0.137. The second-order valence-electron chi connectivity index (χ2n) is 3.57. The molecule has 1 aromatic carbocycles. The number of nitrogens with zero attached hydrogens (tertiary/aromatic N) is 1. The number of halogens is 3. The predicted octanol–water partition coefficient (Wildman–Crippen LogP) is 2.25. The number of hydrogen-bond acceptors (Lipinski definition) is 3. The van der Waals surface area contributed by atoms with Crippen molar-refractivity contribution in [1.29, 1.82) is 0 Å². The van der Waals surface area contributed by atoms with Crippen molar-refractivity contribution in [3.63, 3.8) is 0 Å². The molecule has 0 heterocycles. The van der Waals surface area contributed by atoms with E-state index in [2.05, 4.69) is 0 Å². The van der Waals surface area contributed by atoms with Gasteiger partial charge < -0.3 is 10.1 Å². The lowest BCUT2D eigenvalue weighted by Gasteiger charge is -2.19. The SMILES string of the molecule is CN(C)c1ccc(C(F)(F)F)cc1CNO. The van der Waals surface area contributed by atoms with Crippen LogP contribution in [0.3, 0.4) is 0 Å². The number of nitrogens with one attached hydrogen (secondary N) is 1. The summed E-state index contributed by atoms with van der Waals surface area (Å²) in [5.74, 6) is 0. The number of alkyl halides is 3. The molecule has 0 amide bonds. The Morgan fingerprint density at radius 2 is 1.94 bits per heavy atom. The molecule has 6 heteroatoms. The van der Waals surface area contributed by atoms with Gasteiger partial charge >= 0.3 is 6.18 Å². The molecule has 0 aromatic heterocycles. The number of rotatable bonds is 3. The maximum Gasteiger partial charge on any atom is 0.416 e. The Labute approximate surface area is 91.4 Å². The maximum absolute atomic E-state index is 12.4. The van der Waals surface area contributed by atoms with Gasteiger partial charge in [-0.25, -0.2) is 5.48 Å². The van der Waals surface area contributed by atoms with E-state index in [0.717, 1.165) is 12.1 Å². The van der Waals surface area contributed by atoms with E-state index >= 15 is 0 Å². The van der Waals surface area contributed by atoms with Crippen LogP contribution in [0.2, 0.25) is 0 Å². The lowest BCUT2D eigenvalue weighted by atomic mass is 10.1.